The largest absolute Gasteiger partial charge is 0.322 e. The number of benzene rings is 1. The lowest BCUT2D eigenvalue weighted by atomic mass is 10.1. The van der Waals surface area contributed by atoms with Gasteiger partial charge in [0, 0.05) is 25.0 Å². The SMILES string of the molecule is CCn1nccc1[C@H]1CCCN1C(=O)Nc1cccc(C)c1C. The molecule has 1 aliphatic heterocycles. The minimum atomic E-state index is -0.0231. The number of rotatable bonds is 3. The number of carbonyl (C=O) groups is 1. The first-order valence-electron chi connectivity index (χ1n) is 8.27. The van der Waals surface area contributed by atoms with Crippen molar-refractivity contribution < 1.29 is 4.79 Å². The molecule has 1 aliphatic rings. The molecule has 1 N–H and O–H groups in total. The molecule has 3 rings (SSSR count). The van der Waals surface area contributed by atoms with E-state index in [9.17, 15) is 4.79 Å². The fraction of sp³-hybridized carbons (Fsp3) is 0.444. The summed E-state index contributed by atoms with van der Waals surface area (Å²) in [4.78, 5) is 14.7. The zero-order valence-corrected chi connectivity index (χ0v) is 14.0. The molecule has 0 radical (unpaired) electrons. The third kappa shape index (κ3) is 2.96. The van der Waals surface area contributed by atoms with Crippen molar-refractivity contribution >= 4 is 11.7 Å². The Morgan fingerprint density at radius 3 is 2.96 bits per heavy atom. The topological polar surface area (TPSA) is 50.2 Å². The number of carbonyl (C=O) groups excluding carboxylic acids is 1. The third-order valence-corrected chi connectivity index (χ3v) is 4.75. The number of urea groups is 1. The predicted molar refractivity (Wildman–Crippen MR) is 91.5 cm³/mol. The van der Waals surface area contributed by atoms with Crippen molar-refractivity contribution in [3.63, 3.8) is 0 Å². The maximum Gasteiger partial charge on any atom is 0.322 e. The molecule has 0 spiro atoms. The van der Waals surface area contributed by atoms with Gasteiger partial charge in [0.25, 0.3) is 0 Å². The van der Waals surface area contributed by atoms with Gasteiger partial charge in [-0.05, 0) is 56.9 Å². The highest BCUT2D eigenvalue weighted by molar-refractivity contribution is 5.90. The van der Waals surface area contributed by atoms with Gasteiger partial charge in [-0.2, -0.15) is 5.10 Å². The summed E-state index contributed by atoms with van der Waals surface area (Å²) in [5.41, 5.74) is 4.32. The normalized spacial score (nSPS) is 17.5. The molecule has 2 aromatic rings. The van der Waals surface area contributed by atoms with Gasteiger partial charge in [-0.3, -0.25) is 4.68 Å². The second-order valence-electron chi connectivity index (χ2n) is 6.10. The van der Waals surface area contributed by atoms with Crippen LogP contribution in [0.15, 0.2) is 30.5 Å². The molecule has 0 unspecified atom stereocenters. The first kappa shape index (κ1) is 15.6. The summed E-state index contributed by atoms with van der Waals surface area (Å²) in [7, 11) is 0. The van der Waals surface area contributed by atoms with Crippen molar-refractivity contribution in [2.45, 2.75) is 46.2 Å². The molecule has 0 bridgehead atoms. The summed E-state index contributed by atoms with van der Waals surface area (Å²) in [6, 6.07) is 8.11. The average molecular weight is 312 g/mol. The summed E-state index contributed by atoms with van der Waals surface area (Å²) in [6.07, 6.45) is 3.84. The van der Waals surface area contributed by atoms with E-state index in [1.807, 2.05) is 40.9 Å². The number of aromatic nitrogens is 2. The van der Waals surface area contributed by atoms with Crippen LogP contribution in [0.25, 0.3) is 0 Å². The van der Waals surface area contributed by atoms with Crippen LogP contribution < -0.4 is 5.32 Å². The van der Waals surface area contributed by atoms with Crippen molar-refractivity contribution in [1.82, 2.24) is 14.7 Å². The van der Waals surface area contributed by atoms with E-state index in [1.54, 1.807) is 0 Å². The van der Waals surface area contributed by atoms with Crippen LogP contribution in [-0.2, 0) is 6.54 Å². The summed E-state index contributed by atoms with van der Waals surface area (Å²) < 4.78 is 1.98. The van der Waals surface area contributed by atoms with Gasteiger partial charge in [-0.25, -0.2) is 4.79 Å². The zero-order chi connectivity index (χ0) is 16.4. The smallest absolute Gasteiger partial charge is 0.316 e. The fourth-order valence-corrected chi connectivity index (χ4v) is 3.28. The van der Waals surface area contributed by atoms with Crippen LogP contribution in [-0.4, -0.2) is 27.3 Å². The van der Waals surface area contributed by atoms with Crippen LogP contribution >= 0.6 is 0 Å². The molecule has 5 heteroatoms. The molecule has 1 fully saturated rings. The molecule has 1 aromatic heterocycles. The van der Waals surface area contributed by atoms with Crippen LogP contribution in [0.5, 0.6) is 0 Å². The Bertz CT molecular complexity index is 707. The Morgan fingerprint density at radius 1 is 1.35 bits per heavy atom. The van der Waals surface area contributed by atoms with Gasteiger partial charge in [-0.15, -0.1) is 0 Å². The van der Waals surface area contributed by atoms with Crippen molar-refractivity contribution in [2.75, 3.05) is 11.9 Å². The highest BCUT2D eigenvalue weighted by atomic mass is 16.2. The molecule has 2 amide bonds. The fourth-order valence-electron chi connectivity index (χ4n) is 3.28. The quantitative estimate of drug-likeness (QED) is 0.934. The van der Waals surface area contributed by atoms with E-state index in [1.165, 1.54) is 5.56 Å². The lowest BCUT2D eigenvalue weighted by molar-refractivity contribution is 0.204. The summed E-state index contributed by atoms with van der Waals surface area (Å²) in [5.74, 6) is 0. The van der Waals surface area contributed by atoms with Gasteiger partial charge in [0.1, 0.15) is 0 Å². The standard InChI is InChI=1S/C18H24N4O/c1-4-22-17(10-11-19-22)16-9-6-12-21(16)18(23)20-15-8-5-7-13(2)14(15)3/h5,7-8,10-11,16H,4,6,9,12H2,1-3H3,(H,20,23)/t16-/m1/s1. The van der Waals surface area contributed by atoms with Crippen LogP contribution in [0.4, 0.5) is 10.5 Å². The van der Waals surface area contributed by atoms with E-state index >= 15 is 0 Å². The lowest BCUT2D eigenvalue weighted by Gasteiger charge is -2.26. The molecule has 1 atom stereocenters. The highest BCUT2D eigenvalue weighted by Crippen LogP contribution is 2.32. The predicted octanol–water partition coefficient (Wildman–Crippen LogP) is 3.89. The molecule has 23 heavy (non-hydrogen) atoms. The molecule has 2 heterocycles. The van der Waals surface area contributed by atoms with E-state index in [0.29, 0.717) is 0 Å². The summed E-state index contributed by atoms with van der Waals surface area (Å²) in [6.45, 7) is 7.79. The van der Waals surface area contributed by atoms with Crippen LogP contribution in [0, 0.1) is 13.8 Å². The van der Waals surface area contributed by atoms with Gasteiger partial charge in [-0.1, -0.05) is 12.1 Å². The number of hydrogen-bond acceptors (Lipinski definition) is 2. The molecule has 0 saturated carbocycles. The number of anilines is 1. The first-order valence-corrected chi connectivity index (χ1v) is 8.27. The minimum absolute atomic E-state index is 0.0231. The number of aryl methyl sites for hydroxylation is 2. The maximum absolute atomic E-state index is 12.8. The van der Waals surface area contributed by atoms with Crippen molar-refractivity contribution in [1.29, 1.82) is 0 Å². The van der Waals surface area contributed by atoms with Crippen LogP contribution in [0.1, 0.15) is 42.6 Å². The average Bonchev–Trinajstić information content (AvgIpc) is 3.19. The summed E-state index contributed by atoms with van der Waals surface area (Å²) in [5, 5.41) is 7.42. The maximum atomic E-state index is 12.8. The van der Waals surface area contributed by atoms with E-state index in [4.69, 9.17) is 0 Å². The monoisotopic (exact) mass is 312 g/mol. The van der Waals surface area contributed by atoms with Gasteiger partial charge < -0.3 is 10.2 Å². The molecule has 122 valence electrons. The Balaban J connectivity index is 1.80. The second kappa shape index (κ2) is 6.44. The molecule has 1 saturated heterocycles. The number of amides is 2. The first-order chi connectivity index (χ1) is 11.1. The van der Waals surface area contributed by atoms with E-state index in [2.05, 4.69) is 30.3 Å². The summed E-state index contributed by atoms with van der Waals surface area (Å²) >= 11 is 0. The van der Waals surface area contributed by atoms with E-state index in [0.717, 1.165) is 42.9 Å². The Kier molecular flexibility index (Phi) is 4.37. The number of nitrogens with one attached hydrogen (secondary N) is 1. The lowest BCUT2D eigenvalue weighted by Crippen LogP contribution is -2.35. The van der Waals surface area contributed by atoms with Crippen molar-refractivity contribution in [2.24, 2.45) is 0 Å². The Hall–Kier alpha value is -2.30. The Labute approximate surface area is 137 Å². The molecular formula is C18H24N4O. The van der Waals surface area contributed by atoms with Crippen molar-refractivity contribution in [3.05, 3.63) is 47.3 Å². The van der Waals surface area contributed by atoms with Gasteiger partial charge in [0.05, 0.1) is 11.7 Å². The second-order valence-corrected chi connectivity index (χ2v) is 6.10. The number of likely N-dealkylation sites (tertiary alicyclic amines) is 1. The van der Waals surface area contributed by atoms with Gasteiger partial charge in [0.2, 0.25) is 0 Å². The van der Waals surface area contributed by atoms with E-state index < -0.39 is 0 Å². The van der Waals surface area contributed by atoms with E-state index in [-0.39, 0.29) is 12.1 Å². The molecular weight excluding hydrogens is 288 g/mol. The number of hydrogen-bond donors (Lipinski definition) is 1. The van der Waals surface area contributed by atoms with Crippen LogP contribution in [0.3, 0.4) is 0 Å². The molecule has 0 aliphatic carbocycles. The minimum Gasteiger partial charge on any atom is -0.316 e. The highest BCUT2D eigenvalue weighted by Gasteiger charge is 2.32. The van der Waals surface area contributed by atoms with Crippen LogP contribution in [0.2, 0.25) is 0 Å². The number of nitrogens with zero attached hydrogens (tertiary/aromatic N) is 3. The third-order valence-electron chi connectivity index (χ3n) is 4.75. The molecule has 1 aromatic carbocycles. The molecule has 5 nitrogen and oxygen atoms in total. The van der Waals surface area contributed by atoms with Gasteiger partial charge in [0.15, 0.2) is 0 Å². The van der Waals surface area contributed by atoms with Crippen molar-refractivity contribution in [3.8, 4) is 0 Å². The van der Waals surface area contributed by atoms with Gasteiger partial charge >= 0.3 is 6.03 Å². The zero-order valence-electron chi connectivity index (χ0n) is 14.0. The Morgan fingerprint density at radius 2 is 2.17 bits per heavy atom.